The van der Waals surface area contributed by atoms with E-state index in [2.05, 4.69) is 4.98 Å². The van der Waals surface area contributed by atoms with E-state index in [9.17, 15) is 4.79 Å². The van der Waals surface area contributed by atoms with Crippen LogP contribution in [-0.4, -0.2) is 15.7 Å². The molecule has 4 heteroatoms. The Morgan fingerprint density at radius 1 is 1.35 bits per heavy atom. The Labute approximate surface area is 102 Å². The number of imidazole rings is 1. The van der Waals surface area contributed by atoms with Gasteiger partial charge in [0.15, 0.2) is 11.2 Å². The standard InChI is InChI=1S/C13H10N2OS/c1-9-4-2-3-5-10(9)12-11(8-16)15-6-7-17-13(15)14-12/h2-8H,1H3. The third kappa shape index (κ3) is 1.49. The smallest absolute Gasteiger partial charge is 0.194 e. The molecule has 0 radical (unpaired) electrons. The van der Waals surface area contributed by atoms with Gasteiger partial charge in [-0.25, -0.2) is 4.98 Å². The summed E-state index contributed by atoms with van der Waals surface area (Å²) in [6.45, 7) is 2.03. The molecule has 0 aliphatic carbocycles. The maximum absolute atomic E-state index is 11.2. The monoisotopic (exact) mass is 242 g/mol. The van der Waals surface area contributed by atoms with Gasteiger partial charge in [0.05, 0.1) is 0 Å². The second-order valence-electron chi connectivity index (χ2n) is 3.83. The van der Waals surface area contributed by atoms with Crippen LogP contribution in [0.25, 0.3) is 16.2 Å². The number of aldehydes is 1. The summed E-state index contributed by atoms with van der Waals surface area (Å²) in [5.41, 5.74) is 3.53. The molecule has 2 heterocycles. The van der Waals surface area contributed by atoms with Gasteiger partial charge in [-0.1, -0.05) is 24.3 Å². The van der Waals surface area contributed by atoms with Gasteiger partial charge in [-0.15, -0.1) is 11.3 Å². The molecule has 0 bridgehead atoms. The van der Waals surface area contributed by atoms with E-state index >= 15 is 0 Å². The zero-order valence-corrected chi connectivity index (χ0v) is 10.1. The first kappa shape index (κ1) is 10.2. The van der Waals surface area contributed by atoms with Crippen LogP contribution in [0.3, 0.4) is 0 Å². The van der Waals surface area contributed by atoms with Crippen molar-refractivity contribution in [2.75, 3.05) is 0 Å². The predicted molar refractivity (Wildman–Crippen MR) is 68.6 cm³/mol. The van der Waals surface area contributed by atoms with Crippen molar-refractivity contribution < 1.29 is 4.79 Å². The Balaban J connectivity index is 2.34. The number of nitrogens with zero attached hydrogens (tertiary/aromatic N) is 2. The van der Waals surface area contributed by atoms with Gasteiger partial charge in [0.25, 0.3) is 0 Å². The van der Waals surface area contributed by atoms with Crippen LogP contribution >= 0.6 is 11.3 Å². The molecule has 3 nitrogen and oxygen atoms in total. The van der Waals surface area contributed by atoms with Crippen molar-refractivity contribution in [2.24, 2.45) is 0 Å². The van der Waals surface area contributed by atoms with Crippen molar-refractivity contribution in [2.45, 2.75) is 6.92 Å². The van der Waals surface area contributed by atoms with Crippen LogP contribution in [-0.2, 0) is 0 Å². The quantitative estimate of drug-likeness (QED) is 0.647. The number of hydrogen-bond donors (Lipinski definition) is 0. The second kappa shape index (κ2) is 3.82. The third-order valence-electron chi connectivity index (χ3n) is 2.81. The lowest BCUT2D eigenvalue weighted by molar-refractivity contribution is 0.111. The van der Waals surface area contributed by atoms with Gasteiger partial charge in [-0.2, -0.15) is 0 Å². The van der Waals surface area contributed by atoms with Crippen molar-refractivity contribution in [1.82, 2.24) is 9.38 Å². The highest BCUT2D eigenvalue weighted by atomic mass is 32.1. The molecule has 0 N–H and O–H groups in total. The molecule has 2 aromatic heterocycles. The summed E-state index contributed by atoms with van der Waals surface area (Å²) in [7, 11) is 0. The number of aromatic nitrogens is 2. The highest BCUT2D eigenvalue weighted by Gasteiger charge is 2.15. The first-order valence-electron chi connectivity index (χ1n) is 5.28. The Hall–Kier alpha value is -1.94. The minimum atomic E-state index is 0.621. The number of carbonyl (C=O) groups excluding carboxylic acids is 1. The Kier molecular flexibility index (Phi) is 2.30. The fraction of sp³-hybridized carbons (Fsp3) is 0.0769. The van der Waals surface area contributed by atoms with Crippen LogP contribution in [0, 0.1) is 6.92 Å². The van der Waals surface area contributed by atoms with E-state index in [1.165, 1.54) is 11.3 Å². The van der Waals surface area contributed by atoms with Gasteiger partial charge in [0, 0.05) is 17.1 Å². The molecule has 0 fully saturated rings. The lowest BCUT2D eigenvalue weighted by atomic mass is 10.0. The van der Waals surface area contributed by atoms with Gasteiger partial charge in [-0.05, 0) is 12.5 Å². The summed E-state index contributed by atoms with van der Waals surface area (Å²) in [6.07, 6.45) is 2.74. The molecule has 0 unspecified atom stereocenters. The number of aryl methyl sites for hydroxylation is 1. The average Bonchev–Trinajstić information content (AvgIpc) is 2.89. The molecule has 17 heavy (non-hydrogen) atoms. The molecular formula is C13H10N2OS. The predicted octanol–water partition coefficient (Wildman–Crippen LogP) is 3.18. The molecule has 0 aliphatic rings. The van der Waals surface area contributed by atoms with Crippen molar-refractivity contribution >= 4 is 22.6 Å². The van der Waals surface area contributed by atoms with Gasteiger partial charge in [0.2, 0.25) is 0 Å². The minimum Gasteiger partial charge on any atom is -0.296 e. The summed E-state index contributed by atoms with van der Waals surface area (Å²) in [5.74, 6) is 0. The molecule has 1 aromatic carbocycles. The van der Waals surface area contributed by atoms with Gasteiger partial charge < -0.3 is 0 Å². The summed E-state index contributed by atoms with van der Waals surface area (Å²) < 4.78 is 1.83. The molecule has 3 aromatic rings. The van der Waals surface area contributed by atoms with Crippen LogP contribution < -0.4 is 0 Å². The summed E-state index contributed by atoms with van der Waals surface area (Å²) in [4.78, 5) is 16.6. The molecule has 3 rings (SSSR count). The lowest BCUT2D eigenvalue weighted by Gasteiger charge is -2.02. The number of thiazole rings is 1. The van der Waals surface area contributed by atoms with Crippen molar-refractivity contribution in [1.29, 1.82) is 0 Å². The van der Waals surface area contributed by atoms with Crippen molar-refractivity contribution in [3.8, 4) is 11.3 Å². The van der Waals surface area contributed by atoms with Crippen molar-refractivity contribution in [3.05, 3.63) is 47.1 Å². The maximum Gasteiger partial charge on any atom is 0.194 e. The molecule has 0 amide bonds. The van der Waals surface area contributed by atoms with Crippen LogP contribution in [0.4, 0.5) is 0 Å². The molecule has 0 saturated heterocycles. The highest BCUT2D eigenvalue weighted by molar-refractivity contribution is 7.15. The van der Waals surface area contributed by atoms with E-state index in [0.29, 0.717) is 5.69 Å². The lowest BCUT2D eigenvalue weighted by Crippen LogP contribution is -1.91. The average molecular weight is 242 g/mol. The Morgan fingerprint density at radius 2 is 2.18 bits per heavy atom. The number of benzene rings is 1. The van der Waals surface area contributed by atoms with Gasteiger partial charge in [-0.3, -0.25) is 9.20 Å². The second-order valence-corrected chi connectivity index (χ2v) is 4.71. The minimum absolute atomic E-state index is 0.621. The number of hydrogen-bond acceptors (Lipinski definition) is 3. The van der Waals surface area contributed by atoms with Crippen LogP contribution in [0.1, 0.15) is 16.1 Å². The molecule has 0 atom stereocenters. The number of rotatable bonds is 2. The van der Waals surface area contributed by atoms with Gasteiger partial charge in [0.1, 0.15) is 11.4 Å². The Morgan fingerprint density at radius 3 is 2.94 bits per heavy atom. The molecule has 84 valence electrons. The van der Waals surface area contributed by atoms with Gasteiger partial charge >= 0.3 is 0 Å². The van der Waals surface area contributed by atoms with Crippen LogP contribution in [0.5, 0.6) is 0 Å². The SMILES string of the molecule is Cc1ccccc1-c1nc2sccn2c1C=O. The molecular weight excluding hydrogens is 232 g/mol. The zero-order valence-electron chi connectivity index (χ0n) is 9.25. The number of carbonyl (C=O) groups is 1. The summed E-state index contributed by atoms with van der Waals surface area (Å²) in [6, 6.07) is 7.97. The normalized spacial score (nSPS) is 10.9. The highest BCUT2D eigenvalue weighted by Crippen LogP contribution is 2.27. The van der Waals surface area contributed by atoms with E-state index in [1.54, 1.807) is 0 Å². The maximum atomic E-state index is 11.2. The van der Waals surface area contributed by atoms with E-state index in [0.717, 1.165) is 28.1 Å². The van der Waals surface area contributed by atoms with Crippen LogP contribution in [0.2, 0.25) is 0 Å². The largest absolute Gasteiger partial charge is 0.296 e. The first-order chi connectivity index (χ1) is 8.31. The summed E-state index contributed by atoms with van der Waals surface area (Å²) in [5, 5.41) is 1.93. The third-order valence-corrected chi connectivity index (χ3v) is 3.57. The van der Waals surface area contributed by atoms with E-state index in [-0.39, 0.29) is 0 Å². The molecule has 0 aliphatic heterocycles. The van der Waals surface area contributed by atoms with Crippen molar-refractivity contribution in [3.63, 3.8) is 0 Å². The topological polar surface area (TPSA) is 34.4 Å². The molecule has 0 spiro atoms. The molecule has 0 saturated carbocycles. The van der Waals surface area contributed by atoms with Crippen LogP contribution in [0.15, 0.2) is 35.8 Å². The first-order valence-corrected chi connectivity index (χ1v) is 6.16. The summed E-state index contributed by atoms with van der Waals surface area (Å²) >= 11 is 1.53. The fourth-order valence-electron chi connectivity index (χ4n) is 1.95. The Bertz CT molecular complexity index is 696. The van der Waals surface area contributed by atoms with E-state index in [1.807, 2.05) is 47.2 Å². The number of fused-ring (bicyclic) bond motifs is 1. The van der Waals surface area contributed by atoms with E-state index < -0.39 is 0 Å². The fourth-order valence-corrected chi connectivity index (χ4v) is 2.67. The van der Waals surface area contributed by atoms with E-state index in [4.69, 9.17) is 0 Å². The zero-order chi connectivity index (χ0) is 11.8.